The van der Waals surface area contributed by atoms with Crippen LogP contribution in [0, 0.1) is 0 Å². The molecular formula is C15H18Cl2N2O6S. The number of carboxylic acid groups (broad SMARTS) is 1. The lowest BCUT2D eigenvalue weighted by Crippen LogP contribution is -2.46. The predicted octanol–water partition coefficient (Wildman–Crippen LogP) is 1.12. The third-order valence-electron chi connectivity index (χ3n) is 3.38. The molecule has 144 valence electrons. The highest BCUT2D eigenvalue weighted by Gasteiger charge is 2.23. The number of benzene rings is 1. The van der Waals surface area contributed by atoms with Crippen LogP contribution < -0.4 is 10.6 Å². The van der Waals surface area contributed by atoms with Crippen LogP contribution in [0.4, 0.5) is 0 Å². The van der Waals surface area contributed by atoms with Crippen molar-refractivity contribution in [3.05, 3.63) is 33.8 Å². The smallest absolute Gasteiger partial charge is 0.326 e. The van der Waals surface area contributed by atoms with Crippen LogP contribution in [0.5, 0.6) is 0 Å². The minimum atomic E-state index is -3.36. The highest BCUT2D eigenvalue weighted by Crippen LogP contribution is 2.20. The molecule has 0 aliphatic rings. The topological polar surface area (TPSA) is 130 Å². The molecule has 8 nitrogen and oxygen atoms in total. The standard InChI is InChI=1S/C15H18Cl2N2O6S/c1-2-26(24,25)6-5-12(15(22)23)19-13(20)8-18-14(21)10-4-3-9(16)7-11(10)17/h3-4,7,12H,2,5-6,8H2,1H3,(H,18,21)(H,19,20)(H,22,23). The number of amides is 2. The van der Waals surface area contributed by atoms with Crippen molar-refractivity contribution < 1.29 is 27.9 Å². The van der Waals surface area contributed by atoms with Crippen molar-refractivity contribution in [1.82, 2.24) is 10.6 Å². The van der Waals surface area contributed by atoms with E-state index < -0.39 is 40.2 Å². The highest BCUT2D eigenvalue weighted by atomic mass is 35.5. The van der Waals surface area contributed by atoms with Gasteiger partial charge in [-0.25, -0.2) is 13.2 Å². The summed E-state index contributed by atoms with van der Waals surface area (Å²) in [6.45, 7) is 0.948. The second-order valence-electron chi connectivity index (χ2n) is 5.29. The van der Waals surface area contributed by atoms with Gasteiger partial charge in [0, 0.05) is 10.8 Å². The maximum Gasteiger partial charge on any atom is 0.326 e. The number of nitrogens with one attached hydrogen (secondary N) is 2. The zero-order valence-electron chi connectivity index (χ0n) is 13.8. The fourth-order valence-corrected chi connectivity index (χ4v) is 3.25. The minimum Gasteiger partial charge on any atom is -0.480 e. The number of sulfone groups is 1. The number of carbonyl (C=O) groups excluding carboxylic acids is 2. The van der Waals surface area contributed by atoms with E-state index in [9.17, 15) is 22.8 Å². The van der Waals surface area contributed by atoms with Gasteiger partial charge in [0.2, 0.25) is 5.91 Å². The van der Waals surface area contributed by atoms with Crippen molar-refractivity contribution in [1.29, 1.82) is 0 Å². The summed E-state index contributed by atoms with van der Waals surface area (Å²) < 4.78 is 22.9. The number of halogens is 2. The molecule has 11 heteroatoms. The first-order valence-electron chi connectivity index (χ1n) is 7.51. The number of carbonyl (C=O) groups is 3. The normalized spacial score (nSPS) is 12.3. The maximum absolute atomic E-state index is 12.0. The van der Waals surface area contributed by atoms with Crippen molar-refractivity contribution in [2.75, 3.05) is 18.1 Å². The number of rotatable bonds is 9. The van der Waals surface area contributed by atoms with E-state index in [2.05, 4.69) is 10.6 Å². The summed E-state index contributed by atoms with van der Waals surface area (Å²) in [6.07, 6.45) is -0.270. The average Bonchev–Trinajstić information content (AvgIpc) is 2.56. The summed E-state index contributed by atoms with van der Waals surface area (Å²) in [7, 11) is -3.36. The van der Waals surface area contributed by atoms with Gasteiger partial charge in [-0.3, -0.25) is 9.59 Å². The Kier molecular flexibility index (Phi) is 8.32. The van der Waals surface area contributed by atoms with E-state index in [0.717, 1.165) is 0 Å². The van der Waals surface area contributed by atoms with E-state index >= 15 is 0 Å². The van der Waals surface area contributed by atoms with Crippen LogP contribution in [0.1, 0.15) is 23.7 Å². The van der Waals surface area contributed by atoms with E-state index in [4.69, 9.17) is 28.3 Å². The first-order valence-corrected chi connectivity index (χ1v) is 10.1. The van der Waals surface area contributed by atoms with Crippen molar-refractivity contribution in [3.63, 3.8) is 0 Å². The SMILES string of the molecule is CCS(=O)(=O)CCC(NC(=O)CNC(=O)c1ccc(Cl)cc1Cl)C(=O)O. The monoisotopic (exact) mass is 424 g/mol. The van der Waals surface area contributed by atoms with Gasteiger partial charge in [-0.05, 0) is 24.6 Å². The molecule has 2 amide bonds. The van der Waals surface area contributed by atoms with Gasteiger partial charge in [0.25, 0.3) is 5.91 Å². The van der Waals surface area contributed by atoms with Crippen LogP contribution in [-0.4, -0.2) is 55.4 Å². The van der Waals surface area contributed by atoms with E-state index in [1.54, 1.807) is 0 Å². The second kappa shape index (κ2) is 9.75. The van der Waals surface area contributed by atoms with Crippen molar-refractivity contribution in [2.24, 2.45) is 0 Å². The molecule has 26 heavy (non-hydrogen) atoms. The number of carboxylic acids is 1. The van der Waals surface area contributed by atoms with Gasteiger partial charge in [-0.15, -0.1) is 0 Å². The van der Waals surface area contributed by atoms with E-state index in [1.165, 1.54) is 25.1 Å². The van der Waals surface area contributed by atoms with Crippen molar-refractivity contribution in [3.8, 4) is 0 Å². The molecule has 1 unspecified atom stereocenters. The molecule has 0 spiro atoms. The summed E-state index contributed by atoms with van der Waals surface area (Å²) >= 11 is 11.6. The molecule has 0 aliphatic heterocycles. The minimum absolute atomic E-state index is 0.101. The Hall–Kier alpha value is -1.84. The number of hydrogen-bond donors (Lipinski definition) is 3. The molecule has 1 aromatic carbocycles. The zero-order chi connectivity index (χ0) is 19.9. The Balaban J connectivity index is 2.60. The molecule has 0 saturated heterocycles. The van der Waals surface area contributed by atoms with Crippen LogP contribution in [0.15, 0.2) is 18.2 Å². The van der Waals surface area contributed by atoms with E-state index in [1.807, 2.05) is 0 Å². The lowest BCUT2D eigenvalue weighted by molar-refractivity contribution is -0.141. The average molecular weight is 425 g/mol. The molecule has 1 rings (SSSR count). The molecule has 1 aromatic rings. The molecule has 0 heterocycles. The van der Waals surface area contributed by atoms with E-state index in [0.29, 0.717) is 5.02 Å². The predicted molar refractivity (Wildman–Crippen MR) is 97.3 cm³/mol. The quantitative estimate of drug-likeness (QED) is 0.544. The highest BCUT2D eigenvalue weighted by molar-refractivity contribution is 7.91. The van der Waals surface area contributed by atoms with Gasteiger partial charge >= 0.3 is 5.97 Å². The van der Waals surface area contributed by atoms with Gasteiger partial charge in [0.1, 0.15) is 15.9 Å². The van der Waals surface area contributed by atoms with Gasteiger partial charge < -0.3 is 15.7 Å². The van der Waals surface area contributed by atoms with Gasteiger partial charge in [-0.1, -0.05) is 30.1 Å². The van der Waals surface area contributed by atoms with Crippen LogP contribution in [-0.2, 0) is 19.4 Å². The Morgan fingerprint density at radius 3 is 2.42 bits per heavy atom. The fraction of sp³-hybridized carbons (Fsp3) is 0.400. The lowest BCUT2D eigenvalue weighted by Gasteiger charge is -2.15. The zero-order valence-corrected chi connectivity index (χ0v) is 16.1. The van der Waals surface area contributed by atoms with Crippen molar-refractivity contribution >= 4 is 50.8 Å². The Morgan fingerprint density at radius 1 is 1.23 bits per heavy atom. The first-order chi connectivity index (χ1) is 12.1. The third-order valence-corrected chi connectivity index (χ3v) is 5.66. The van der Waals surface area contributed by atoms with Gasteiger partial charge in [0.05, 0.1) is 22.9 Å². The summed E-state index contributed by atoms with van der Waals surface area (Å²) in [5.74, 6) is -3.26. The first kappa shape index (κ1) is 22.2. The van der Waals surface area contributed by atoms with Crippen LogP contribution in [0.2, 0.25) is 10.0 Å². The molecular weight excluding hydrogens is 407 g/mol. The number of aliphatic carboxylic acids is 1. The molecule has 0 fully saturated rings. The Morgan fingerprint density at radius 2 is 1.88 bits per heavy atom. The lowest BCUT2D eigenvalue weighted by atomic mass is 10.2. The maximum atomic E-state index is 12.0. The fourth-order valence-electron chi connectivity index (χ4n) is 1.87. The largest absolute Gasteiger partial charge is 0.480 e. The second-order valence-corrected chi connectivity index (χ2v) is 8.61. The Bertz CT molecular complexity index is 797. The molecule has 0 aromatic heterocycles. The van der Waals surface area contributed by atoms with Gasteiger partial charge in [-0.2, -0.15) is 0 Å². The molecule has 1 atom stereocenters. The molecule has 0 saturated carbocycles. The van der Waals surface area contributed by atoms with E-state index in [-0.39, 0.29) is 28.5 Å². The molecule has 0 aliphatic carbocycles. The van der Waals surface area contributed by atoms with Crippen LogP contribution >= 0.6 is 23.2 Å². The van der Waals surface area contributed by atoms with Crippen LogP contribution in [0.3, 0.4) is 0 Å². The summed E-state index contributed by atoms with van der Waals surface area (Å²) in [5, 5.41) is 14.0. The Labute approximate surface area is 160 Å². The van der Waals surface area contributed by atoms with Gasteiger partial charge in [0.15, 0.2) is 0 Å². The van der Waals surface area contributed by atoms with Crippen LogP contribution in [0.25, 0.3) is 0 Å². The third kappa shape index (κ3) is 7.19. The summed E-state index contributed by atoms with van der Waals surface area (Å²) in [5.41, 5.74) is 0.104. The molecule has 0 bridgehead atoms. The number of hydrogen-bond acceptors (Lipinski definition) is 5. The summed E-state index contributed by atoms with van der Waals surface area (Å²) in [6, 6.07) is 2.83. The molecule has 0 radical (unpaired) electrons. The van der Waals surface area contributed by atoms with Crippen molar-refractivity contribution in [2.45, 2.75) is 19.4 Å². The summed E-state index contributed by atoms with van der Waals surface area (Å²) in [4.78, 5) is 35.0. The molecule has 3 N–H and O–H groups in total.